The Labute approximate surface area is 242 Å². The number of nitrogens with one attached hydrogen (secondary N) is 1. The van der Waals surface area contributed by atoms with Gasteiger partial charge in [-0.2, -0.15) is 0 Å². The fourth-order valence-corrected chi connectivity index (χ4v) is 4.52. The van der Waals surface area contributed by atoms with Gasteiger partial charge in [-0.1, -0.05) is 34.6 Å². The summed E-state index contributed by atoms with van der Waals surface area (Å²) in [4.78, 5) is 28.4. The maximum absolute atomic E-state index is 13.9. The number of carbonyl (C=O) groups is 2. The van der Waals surface area contributed by atoms with Gasteiger partial charge in [0.2, 0.25) is 0 Å². The Hall–Kier alpha value is -2.88. The molecule has 2 aromatic rings. The van der Waals surface area contributed by atoms with Crippen molar-refractivity contribution in [3.8, 4) is 0 Å². The lowest BCUT2D eigenvalue weighted by molar-refractivity contribution is -0.0534. The molecule has 0 aliphatic rings. The number of ether oxygens (including phenoxy) is 1. The van der Waals surface area contributed by atoms with Crippen LogP contribution >= 0.6 is 0 Å². The van der Waals surface area contributed by atoms with Crippen molar-refractivity contribution >= 4 is 11.8 Å². The highest BCUT2D eigenvalue weighted by atomic mass is 19.1. The fourth-order valence-electron chi connectivity index (χ4n) is 4.52. The monoisotopic (exact) mass is 576 g/mol. The smallest absolute Gasteiger partial charge is 0.253 e. The quantitative estimate of drug-likeness (QED) is 0.258. The van der Waals surface area contributed by atoms with Crippen molar-refractivity contribution in [1.82, 2.24) is 10.2 Å². The maximum atomic E-state index is 13.9. The summed E-state index contributed by atoms with van der Waals surface area (Å²) in [5, 5.41) is 24.4. The first-order valence-corrected chi connectivity index (χ1v) is 14.3. The molecule has 0 spiro atoms. The Kier molecular flexibility index (Phi) is 13.3. The van der Waals surface area contributed by atoms with Crippen LogP contribution in [0.5, 0.6) is 0 Å². The Bertz CT molecular complexity index is 1130. The average Bonchev–Trinajstić information content (AvgIpc) is 2.88. The number of halogens is 2. The van der Waals surface area contributed by atoms with Gasteiger partial charge in [-0.15, -0.1) is 0 Å². The van der Waals surface area contributed by atoms with E-state index in [1.54, 1.807) is 24.0 Å². The summed E-state index contributed by atoms with van der Waals surface area (Å²) in [7, 11) is 0. The van der Waals surface area contributed by atoms with E-state index >= 15 is 0 Å². The zero-order valence-corrected chi connectivity index (χ0v) is 25.2. The molecule has 41 heavy (non-hydrogen) atoms. The number of nitrogens with zero attached hydrogens (tertiary/aromatic N) is 1. The number of aryl methyl sites for hydroxylation is 1. The number of amides is 2. The van der Waals surface area contributed by atoms with Crippen LogP contribution in [0.15, 0.2) is 36.4 Å². The summed E-state index contributed by atoms with van der Waals surface area (Å²) in [6.07, 6.45) is -0.693. The molecule has 0 fully saturated rings. The van der Waals surface area contributed by atoms with Crippen LogP contribution in [-0.2, 0) is 11.2 Å². The minimum atomic E-state index is -1.50. The van der Waals surface area contributed by atoms with Gasteiger partial charge < -0.3 is 25.2 Å². The second-order valence-corrected chi connectivity index (χ2v) is 11.9. The van der Waals surface area contributed by atoms with E-state index in [0.717, 1.165) is 37.5 Å². The standard InChI is InChI=1S/C32H46F2N2O5/c1-7-10-36(11-8-2)31(40)24-14-21(3)13-23(18-24)30(39)35-27(17-22-15-25(33)19-26(34)16-22)29(38)28(37)20-41-12-9-32(4,5)6/h13-16,18-19,27-29,37-38H,7-12,17,20H2,1-6H3,(H,35,39)/t27-,28?,29+/m0/s1. The third-order valence-electron chi connectivity index (χ3n) is 6.65. The molecule has 2 aromatic carbocycles. The largest absolute Gasteiger partial charge is 0.388 e. The van der Waals surface area contributed by atoms with Crippen LogP contribution in [-0.4, -0.2) is 71.5 Å². The van der Waals surface area contributed by atoms with E-state index < -0.39 is 35.8 Å². The van der Waals surface area contributed by atoms with Crippen LogP contribution < -0.4 is 5.32 Å². The minimum absolute atomic E-state index is 0.0275. The lowest BCUT2D eigenvalue weighted by Crippen LogP contribution is -2.51. The van der Waals surface area contributed by atoms with Crippen LogP contribution in [0.2, 0.25) is 0 Å². The molecular formula is C32H46F2N2O5. The third kappa shape index (κ3) is 11.5. The molecule has 0 bridgehead atoms. The first kappa shape index (κ1) is 34.3. The Morgan fingerprint density at radius 3 is 2.10 bits per heavy atom. The molecule has 0 saturated heterocycles. The molecule has 1 unspecified atom stereocenters. The number of hydrogen-bond donors (Lipinski definition) is 3. The van der Waals surface area contributed by atoms with Crippen LogP contribution in [0.4, 0.5) is 8.78 Å². The van der Waals surface area contributed by atoms with Crippen LogP contribution in [0.1, 0.15) is 85.7 Å². The van der Waals surface area contributed by atoms with Crippen molar-refractivity contribution in [3.63, 3.8) is 0 Å². The topological polar surface area (TPSA) is 99.1 Å². The molecule has 0 aliphatic carbocycles. The van der Waals surface area contributed by atoms with Crippen molar-refractivity contribution in [2.45, 2.75) is 85.5 Å². The van der Waals surface area contributed by atoms with Gasteiger partial charge in [-0.25, -0.2) is 8.78 Å². The summed E-state index contributed by atoms with van der Waals surface area (Å²) >= 11 is 0. The predicted octanol–water partition coefficient (Wildman–Crippen LogP) is 5.05. The van der Waals surface area contributed by atoms with Gasteiger partial charge in [-0.05, 0) is 79.5 Å². The molecule has 2 rings (SSSR count). The van der Waals surface area contributed by atoms with Crippen molar-refractivity contribution in [2.24, 2.45) is 5.41 Å². The lowest BCUT2D eigenvalue weighted by atomic mass is 9.93. The number of benzene rings is 2. The maximum Gasteiger partial charge on any atom is 0.253 e. The van der Waals surface area contributed by atoms with Gasteiger partial charge in [0.05, 0.1) is 12.6 Å². The van der Waals surface area contributed by atoms with E-state index in [1.165, 1.54) is 6.07 Å². The average molecular weight is 577 g/mol. The zero-order valence-electron chi connectivity index (χ0n) is 25.2. The highest BCUT2D eigenvalue weighted by Gasteiger charge is 2.29. The molecule has 2 amide bonds. The second kappa shape index (κ2) is 15.9. The highest BCUT2D eigenvalue weighted by molar-refractivity contribution is 6.00. The number of hydrogen-bond acceptors (Lipinski definition) is 5. The number of aliphatic hydroxyl groups is 2. The molecule has 9 heteroatoms. The summed E-state index contributed by atoms with van der Waals surface area (Å²) in [6.45, 7) is 13.3. The number of rotatable bonds is 15. The third-order valence-corrected chi connectivity index (χ3v) is 6.65. The molecule has 0 saturated carbocycles. The van der Waals surface area contributed by atoms with E-state index in [1.807, 2.05) is 13.8 Å². The fraction of sp³-hybridized carbons (Fsp3) is 0.562. The molecule has 3 N–H and O–H groups in total. The Balaban J connectivity index is 2.29. The van der Waals surface area contributed by atoms with Gasteiger partial charge in [0.25, 0.3) is 11.8 Å². The first-order chi connectivity index (χ1) is 19.2. The van der Waals surface area contributed by atoms with Gasteiger partial charge in [0.15, 0.2) is 0 Å². The van der Waals surface area contributed by atoms with Crippen molar-refractivity contribution in [2.75, 3.05) is 26.3 Å². The Morgan fingerprint density at radius 2 is 1.54 bits per heavy atom. The van der Waals surface area contributed by atoms with Crippen molar-refractivity contribution < 1.29 is 33.3 Å². The molecular weight excluding hydrogens is 530 g/mol. The van der Waals surface area contributed by atoms with Crippen LogP contribution in [0, 0.1) is 24.0 Å². The molecule has 0 aliphatic heterocycles. The SMILES string of the molecule is CCCN(CCC)C(=O)c1cc(C)cc(C(=O)N[C@@H](Cc2cc(F)cc(F)c2)[C@@H](O)C(O)COCCC(C)(C)C)c1. The first-order valence-electron chi connectivity index (χ1n) is 14.3. The summed E-state index contributed by atoms with van der Waals surface area (Å²) < 4.78 is 33.4. The normalized spacial score (nSPS) is 13.9. The summed E-state index contributed by atoms with van der Waals surface area (Å²) in [6, 6.07) is 6.69. The summed E-state index contributed by atoms with van der Waals surface area (Å²) in [5.74, 6) is -2.37. The van der Waals surface area contributed by atoms with E-state index in [9.17, 15) is 28.6 Å². The van der Waals surface area contributed by atoms with E-state index in [-0.39, 0.29) is 35.5 Å². The number of carbonyl (C=O) groups excluding carboxylic acids is 2. The minimum Gasteiger partial charge on any atom is -0.388 e. The van der Waals surface area contributed by atoms with Crippen LogP contribution in [0.25, 0.3) is 0 Å². The van der Waals surface area contributed by atoms with Crippen LogP contribution in [0.3, 0.4) is 0 Å². The predicted molar refractivity (Wildman–Crippen MR) is 156 cm³/mol. The molecule has 0 radical (unpaired) electrons. The molecule has 0 heterocycles. The lowest BCUT2D eigenvalue weighted by Gasteiger charge is -2.28. The van der Waals surface area contributed by atoms with E-state index in [2.05, 4.69) is 26.1 Å². The second-order valence-electron chi connectivity index (χ2n) is 11.9. The zero-order chi connectivity index (χ0) is 30.7. The molecule has 228 valence electrons. The van der Waals surface area contributed by atoms with Crippen molar-refractivity contribution in [1.29, 1.82) is 0 Å². The van der Waals surface area contributed by atoms with Gasteiger partial charge in [0, 0.05) is 36.9 Å². The molecule has 3 atom stereocenters. The highest BCUT2D eigenvalue weighted by Crippen LogP contribution is 2.19. The van der Waals surface area contributed by atoms with E-state index in [0.29, 0.717) is 30.8 Å². The summed E-state index contributed by atoms with van der Waals surface area (Å²) in [5.41, 5.74) is 1.49. The Morgan fingerprint density at radius 1 is 0.951 bits per heavy atom. The van der Waals surface area contributed by atoms with Gasteiger partial charge in [-0.3, -0.25) is 9.59 Å². The molecule has 7 nitrogen and oxygen atoms in total. The van der Waals surface area contributed by atoms with Gasteiger partial charge in [0.1, 0.15) is 23.8 Å². The number of aliphatic hydroxyl groups excluding tert-OH is 2. The van der Waals surface area contributed by atoms with E-state index in [4.69, 9.17) is 4.74 Å². The van der Waals surface area contributed by atoms with Crippen molar-refractivity contribution in [3.05, 3.63) is 70.3 Å². The molecule has 0 aromatic heterocycles. The van der Waals surface area contributed by atoms with Gasteiger partial charge >= 0.3 is 0 Å².